The van der Waals surface area contributed by atoms with Gasteiger partial charge in [-0.2, -0.15) is 0 Å². The van der Waals surface area contributed by atoms with Crippen molar-refractivity contribution < 1.29 is 4.79 Å². The minimum absolute atomic E-state index is 0.0818. The van der Waals surface area contributed by atoms with Crippen molar-refractivity contribution in [3.8, 4) is 0 Å². The highest BCUT2D eigenvalue weighted by molar-refractivity contribution is 7.12. The lowest BCUT2D eigenvalue weighted by atomic mass is 10.4. The van der Waals surface area contributed by atoms with Gasteiger partial charge in [0.2, 0.25) is 0 Å². The van der Waals surface area contributed by atoms with Crippen LogP contribution in [0.4, 0.5) is 5.69 Å². The van der Waals surface area contributed by atoms with Crippen molar-refractivity contribution in [1.29, 1.82) is 0 Å². The maximum atomic E-state index is 10.9. The molecule has 1 aromatic rings. The van der Waals surface area contributed by atoms with Gasteiger partial charge in [-0.05, 0) is 6.07 Å². The van der Waals surface area contributed by atoms with Crippen molar-refractivity contribution >= 4 is 22.9 Å². The SMILES string of the molecule is CNC(=O)c1cc(N)cs1. The van der Waals surface area contributed by atoms with Crippen LogP contribution in [0.15, 0.2) is 11.4 Å². The first kappa shape index (κ1) is 7.08. The van der Waals surface area contributed by atoms with E-state index in [4.69, 9.17) is 5.73 Å². The lowest BCUT2D eigenvalue weighted by Crippen LogP contribution is -2.16. The van der Waals surface area contributed by atoms with E-state index in [1.54, 1.807) is 18.5 Å². The van der Waals surface area contributed by atoms with Crippen molar-refractivity contribution in [2.75, 3.05) is 12.8 Å². The molecule has 0 saturated carbocycles. The number of nitrogens with one attached hydrogen (secondary N) is 1. The molecule has 1 heterocycles. The van der Waals surface area contributed by atoms with Gasteiger partial charge in [-0.15, -0.1) is 11.3 Å². The van der Waals surface area contributed by atoms with E-state index in [2.05, 4.69) is 5.32 Å². The molecule has 4 heteroatoms. The normalized spacial score (nSPS) is 9.30. The van der Waals surface area contributed by atoms with Crippen molar-refractivity contribution in [3.05, 3.63) is 16.3 Å². The predicted octanol–water partition coefficient (Wildman–Crippen LogP) is 0.690. The molecule has 3 N–H and O–H groups in total. The molecule has 0 aliphatic rings. The second kappa shape index (κ2) is 2.70. The van der Waals surface area contributed by atoms with Crippen molar-refractivity contribution in [1.82, 2.24) is 5.32 Å². The number of thiophene rings is 1. The fourth-order valence-electron chi connectivity index (χ4n) is 0.593. The zero-order chi connectivity index (χ0) is 7.56. The number of carbonyl (C=O) groups excluding carboxylic acids is 1. The standard InChI is InChI=1S/C6H8N2OS/c1-8-6(9)5-2-4(7)3-10-5/h2-3H,7H2,1H3,(H,8,9). The number of carbonyl (C=O) groups is 1. The minimum atomic E-state index is -0.0818. The largest absolute Gasteiger partial charge is 0.398 e. The molecule has 1 amide bonds. The summed E-state index contributed by atoms with van der Waals surface area (Å²) in [5.41, 5.74) is 6.04. The number of amides is 1. The fourth-order valence-corrected chi connectivity index (χ4v) is 1.34. The van der Waals surface area contributed by atoms with Crippen LogP contribution in [-0.2, 0) is 0 Å². The zero-order valence-corrected chi connectivity index (χ0v) is 6.37. The van der Waals surface area contributed by atoms with Crippen molar-refractivity contribution in [2.24, 2.45) is 0 Å². The molecule has 0 spiro atoms. The van der Waals surface area contributed by atoms with Crippen LogP contribution >= 0.6 is 11.3 Å². The molecule has 1 rings (SSSR count). The maximum Gasteiger partial charge on any atom is 0.261 e. The van der Waals surface area contributed by atoms with Gasteiger partial charge >= 0.3 is 0 Å². The van der Waals surface area contributed by atoms with E-state index in [-0.39, 0.29) is 5.91 Å². The fraction of sp³-hybridized carbons (Fsp3) is 0.167. The average molecular weight is 156 g/mol. The molecule has 10 heavy (non-hydrogen) atoms. The van der Waals surface area contributed by atoms with Crippen LogP contribution in [0.25, 0.3) is 0 Å². The van der Waals surface area contributed by atoms with Gasteiger partial charge in [-0.1, -0.05) is 0 Å². The van der Waals surface area contributed by atoms with E-state index in [9.17, 15) is 4.79 Å². The van der Waals surface area contributed by atoms with Gasteiger partial charge in [0.15, 0.2) is 0 Å². The molecule has 0 unspecified atom stereocenters. The molecule has 0 fully saturated rings. The molecule has 3 nitrogen and oxygen atoms in total. The Morgan fingerprint density at radius 3 is 2.90 bits per heavy atom. The van der Waals surface area contributed by atoms with Gasteiger partial charge in [0.1, 0.15) is 0 Å². The van der Waals surface area contributed by atoms with Gasteiger partial charge in [-0.3, -0.25) is 4.79 Å². The first-order valence-corrected chi connectivity index (χ1v) is 3.68. The minimum Gasteiger partial charge on any atom is -0.398 e. The Morgan fingerprint density at radius 1 is 1.80 bits per heavy atom. The van der Waals surface area contributed by atoms with Crippen LogP contribution in [0.2, 0.25) is 0 Å². The summed E-state index contributed by atoms with van der Waals surface area (Å²) >= 11 is 1.35. The van der Waals surface area contributed by atoms with Crippen molar-refractivity contribution in [2.45, 2.75) is 0 Å². The number of hydrogen-bond donors (Lipinski definition) is 2. The van der Waals surface area contributed by atoms with Gasteiger partial charge in [0, 0.05) is 18.1 Å². The number of anilines is 1. The summed E-state index contributed by atoms with van der Waals surface area (Å²) in [6.07, 6.45) is 0. The Hall–Kier alpha value is -1.03. The molecule has 0 atom stereocenters. The third-order valence-electron chi connectivity index (χ3n) is 1.07. The van der Waals surface area contributed by atoms with Gasteiger partial charge in [-0.25, -0.2) is 0 Å². The van der Waals surface area contributed by atoms with Crippen LogP contribution in [-0.4, -0.2) is 13.0 Å². The lowest BCUT2D eigenvalue weighted by molar-refractivity contribution is 0.0967. The summed E-state index contributed by atoms with van der Waals surface area (Å²) in [4.78, 5) is 11.5. The molecular weight excluding hydrogens is 148 g/mol. The van der Waals surface area contributed by atoms with E-state index in [1.807, 2.05) is 0 Å². The Bertz CT molecular complexity index is 244. The number of rotatable bonds is 1. The molecule has 0 aliphatic heterocycles. The zero-order valence-electron chi connectivity index (χ0n) is 5.55. The molecule has 0 aromatic carbocycles. The summed E-state index contributed by atoms with van der Waals surface area (Å²) in [7, 11) is 1.60. The third-order valence-corrected chi connectivity index (χ3v) is 2.02. The highest BCUT2D eigenvalue weighted by Crippen LogP contribution is 2.15. The summed E-state index contributed by atoms with van der Waals surface area (Å²) < 4.78 is 0. The first-order chi connectivity index (χ1) is 4.74. The van der Waals surface area contributed by atoms with Crippen LogP contribution < -0.4 is 11.1 Å². The van der Waals surface area contributed by atoms with E-state index in [1.165, 1.54) is 11.3 Å². The van der Waals surface area contributed by atoms with Crippen LogP contribution in [0.1, 0.15) is 9.67 Å². The average Bonchev–Trinajstić information content (AvgIpc) is 2.34. The molecule has 1 aromatic heterocycles. The summed E-state index contributed by atoms with van der Waals surface area (Å²) in [6, 6.07) is 1.66. The van der Waals surface area contributed by atoms with E-state index in [0.717, 1.165) is 0 Å². The first-order valence-electron chi connectivity index (χ1n) is 2.80. The monoisotopic (exact) mass is 156 g/mol. The van der Waals surface area contributed by atoms with Gasteiger partial charge < -0.3 is 11.1 Å². The second-order valence-corrected chi connectivity index (χ2v) is 2.73. The number of nitrogen functional groups attached to an aromatic ring is 1. The Morgan fingerprint density at radius 2 is 2.50 bits per heavy atom. The van der Waals surface area contributed by atoms with Crippen LogP contribution in [0, 0.1) is 0 Å². The van der Waals surface area contributed by atoms with Gasteiger partial charge in [0.05, 0.1) is 4.88 Å². The number of hydrogen-bond acceptors (Lipinski definition) is 3. The molecule has 0 saturated heterocycles. The van der Waals surface area contributed by atoms with E-state index >= 15 is 0 Å². The Labute approximate surface area is 62.9 Å². The molecule has 0 radical (unpaired) electrons. The summed E-state index contributed by atoms with van der Waals surface area (Å²) in [5.74, 6) is -0.0818. The van der Waals surface area contributed by atoms with Crippen LogP contribution in [0.3, 0.4) is 0 Å². The highest BCUT2D eigenvalue weighted by Gasteiger charge is 2.03. The molecule has 0 bridgehead atoms. The second-order valence-electron chi connectivity index (χ2n) is 1.82. The summed E-state index contributed by atoms with van der Waals surface area (Å²) in [6.45, 7) is 0. The van der Waals surface area contributed by atoms with Crippen LogP contribution in [0.5, 0.6) is 0 Å². The molecular formula is C6H8N2OS. The highest BCUT2D eigenvalue weighted by atomic mass is 32.1. The third kappa shape index (κ3) is 1.27. The quantitative estimate of drug-likeness (QED) is 0.628. The van der Waals surface area contributed by atoms with E-state index < -0.39 is 0 Å². The Balaban J connectivity index is 2.85. The smallest absolute Gasteiger partial charge is 0.261 e. The predicted molar refractivity (Wildman–Crippen MR) is 42.1 cm³/mol. The van der Waals surface area contributed by atoms with Gasteiger partial charge in [0.25, 0.3) is 5.91 Å². The number of nitrogens with two attached hydrogens (primary N) is 1. The van der Waals surface area contributed by atoms with Crippen molar-refractivity contribution in [3.63, 3.8) is 0 Å². The lowest BCUT2D eigenvalue weighted by Gasteiger charge is -1.90. The van der Waals surface area contributed by atoms with E-state index in [0.29, 0.717) is 10.6 Å². The Kier molecular flexibility index (Phi) is 1.91. The molecule has 0 aliphatic carbocycles. The maximum absolute atomic E-state index is 10.9. The molecule has 54 valence electrons. The summed E-state index contributed by atoms with van der Waals surface area (Å²) in [5, 5.41) is 4.25. The topological polar surface area (TPSA) is 55.1 Å².